The fourth-order valence-corrected chi connectivity index (χ4v) is 3.43. The van der Waals surface area contributed by atoms with E-state index in [1.54, 1.807) is 22.0 Å². The molecular weight excluding hydrogens is 382 g/mol. The van der Waals surface area contributed by atoms with Crippen molar-refractivity contribution in [1.29, 1.82) is 0 Å². The molecule has 8 nitrogen and oxygen atoms in total. The first-order valence-corrected chi connectivity index (χ1v) is 10.4. The lowest BCUT2D eigenvalue weighted by atomic mass is 9.93. The second-order valence-corrected chi connectivity index (χ2v) is 8.85. The minimum absolute atomic E-state index is 0.0297. The van der Waals surface area contributed by atoms with E-state index in [9.17, 15) is 9.59 Å². The zero-order valence-electron chi connectivity index (χ0n) is 18.2. The maximum atomic E-state index is 12.3. The average molecular weight is 414 g/mol. The first-order chi connectivity index (χ1) is 14.2. The van der Waals surface area contributed by atoms with Crippen LogP contribution in [0, 0.1) is 5.92 Å². The molecule has 2 aromatic rings. The SMILES string of the molecule is Cn1cc(-c2ccc(CNC(=O)CC3CCN(C(=O)OC(C)(C)C)CC3)cn2)cn1. The van der Waals surface area contributed by atoms with Gasteiger partial charge in [-0.05, 0) is 51.2 Å². The first kappa shape index (κ1) is 21.8. The number of ether oxygens (including phenoxy) is 1. The minimum atomic E-state index is -0.487. The molecule has 0 saturated carbocycles. The molecule has 3 rings (SSSR count). The lowest BCUT2D eigenvalue weighted by Crippen LogP contribution is -2.42. The maximum Gasteiger partial charge on any atom is 0.410 e. The van der Waals surface area contributed by atoms with E-state index in [0.717, 1.165) is 29.7 Å². The van der Waals surface area contributed by atoms with Crippen molar-refractivity contribution in [2.45, 2.75) is 52.2 Å². The summed E-state index contributed by atoms with van der Waals surface area (Å²) in [7, 11) is 1.87. The molecule has 1 saturated heterocycles. The van der Waals surface area contributed by atoms with Gasteiger partial charge in [-0.15, -0.1) is 0 Å². The Morgan fingerprint density at radius 3 is 2.50 bits per heavy atom. The van der Waals surface area contributed by atoms with Gasteiger partial charge in [0.15, 0.2) is 0 Å². The Morgan fingerprint density at radius 1 is 1.20 bits per heavy atom. The Kier molecular flexibility index (Phi) is 6.74. The number of aromatic nitrogens is 3. The van der Waals surface area contributed by atoms with E-state index in [-0.39, 0.29) is 17.9 Å². The Bertz CT molecular complexity index is 862. The standard InChI is InChI=1S/C22H31N5O3/c1-22(2,3)30-21(29)27-9-7-16(8-10-27)11-20(28)24-13-17-5-6-19(23-12-17)18-14-25-26(4)15-18/h5-6,12,14-16H,7-11,13H2,1-4H3,(H,24,28). The third-order valence-electron chi connectivity index (χ3n) is 5.06. The van der Waals surface area contributed by atoms with Crippen LogP contribution in [0.4, 0.5) is 4.79 Å². The topological polar surface area (TPSA) is 89.4 Å². The van der Waals surface area contributed by atoms with Crippen LogP contribution in [-0.4, -0.2) is 50.4 Å². The van der Waals surface area contributed by atoms with Crippen molar-refractivity contribution in [3.05, 3.63) is 36.3 Å². The molecular formula is C22H31N5O3. The van der Waals surface area contributed by atoms with Gasteiger partial charge in [-0.2, -0.15) is 5.10 Å². The van der Waals surface area contributed by atoms with Crippen molar-refractivity contribution >= 4 is 12.0 Å². The van der Waals surface area contributed by atoms with Crippen LogP contribution < -0.4 is 5.32 Å². The highest BCUT2D eigenvalue weighted by atomic mass is 16.6. The van der Waals surface area contributed by atoms with Crippen LogP contribution in [0.3, 0.4) is 0 Å². The van der Waals surface area contributed by atoms with Gasteiger partial charge >= 0.3 is 6.09 Å². The minimum Gasteiger partial charge on any atom is -0.444 e. The van der Waals surface area contributed by atoms with Crippen LogP contribution in [0.25, 0.3) is 11.3 Å². The van der Waals surface area contributed by atoms with Gasteiger partial charge in [0, 0.05) is 51.1 Å². The van der Waals surface area contributed by atoms with Crippen LogP contribution in [-0.2, 0) is 23.1 Å². The summed E-state index contributed by atoms with van der Waals surface area (Å²) in [4.78, 5) is 30.6. The highest BCUT2D eigenvalue weighted by molar-refractivity contribution is 5.76. The van der Waals surface area contributed by atoms with Crippen molar-refractivity contribution in [3.8, 4) is 11.3 Å². The van der Waals surface area contributed by atoms with Gasteiger partial charge in [0.1, 0.15) is 5.60 Å². The quantitative estimate of drug-likeness (QED) is 0.813. The molecule has 0 atom stereocenters. The van der Waals surface area contributed by atoms with Crippen LogP contribution in [0.15, 0.2) is 30.7 Å². The molecule has 8 heteroatoms. The molecule has 0 aromatic carbocycles. The van der Waals surface area contributed by atoms with Crippen molar-refractivity contribution in [2.75, 3.05) is 13.1 Å². The summed E-state index contributed by atoms with van der Waals surface area (Å²) in [6.07, 6.45) is 7.30. The molecule has 0 bridgehead atoms. The number of carbonyl (C=O) groups is 2. The average Bonchev–Trinajstić information content (AvgIpc) is 3.12. The van der Waals surface area contributed by atoms with Crippen molar-refractivity contribution in [2.24, 2.45) is 13.0 Å². The molecule has 0 aliphatic carbocycles. The van der Waals surface area contributed by atoms with Gasteiger partial charge < -0.3 is 15.0 Å². The molecule has 0 spiro atoms. The molecule has 0 unspecified atom stereocenters. The third kappa shape index (κ3) is 6.30. The summed E-state index contributed by atoms with van der Waals surface area (Å²) in [6, 6.07) is 3.90. The summed E-state index contributed by atoms with van der Waals surface area (Å²) in [5, 5.41) is 7.13. The van der Waals surface area contributed by atoms with Gasteiger partial charge in [-0.1, -0.05) is 6.07 Å². The highest BCUT2D eigenvalue weighted by Crippen LogP contribution is 2.22. The van der Waals surface area contributed by atoms with E-state index in [4.69, 9.17) is 4.74 Å². The van der Waals surface area contributed by atoms with Crippen molar-refractivity contribution < 1.29 is 14.3 Å². The van der Waals surface area contributed by atoms with Gasteiger partial charge in [-0.25, -0.2) is 4.79 Å². The Hall–Kier alpha value is -2.90. The predicted molar refractivity (Wildman–Crippen MR) is 113 cm³/mol. The number of hydrogen-bond donors (Lipinski definition) is 1. The van der Waals surface area contributed by atoms with Crippen LogP contribution in [0.2, 0.25) is 0 Å². The monoisotopic (exact) mass is 413 g/mol. The normalized spacial score (nSPS) is 15.1. The summed E-state index contributed by atoms with van der Waals surface area (Å²) in [5.41, 5.74) is 2.29. The Balaban J connectivity index is 1.40. The zero-order valence-corrected chi connectivity index (χ0v) is 18.2. The number of likely N-dealkylation sites (tertiary alicyclic amines) is 1. The number of nitrogens with one attached hydrogen (secondary N) is 1. The first-order valence-electron chi connectivity index (χ1n) is 10.4. The smallest absolute Gasteiger partial charge is 0.410 e. The number of pyridine rings is 1. The largest absolute Gasteiger partial charge is 0.444 e. The van der Waals surface area contributed by atoms with Crippen molar-refractivity contribution in [3.63, 3.8) is 0 Å². The molecule has 0 radical (unpaired) electrons. The number of hydrogen-bond acceptors (Lipinski definition) is 5. The molecule has 1 N–H and O–H groups in total. The second kappa shape index (κ2) is 9.28. The number of rotatable bonds is 5. The van der Waals surface area contributed by atoms with E-state index in [1.807, 2.05) is 46.1 Å². The summed E-state index contributed by atoms with van der Waals surface area (Å²) in [6.45, 7) is 7.31. The van der Waals surface area contributed by atoms with Crippen LogP contribution in [0.1, 0.15) is 45.6 Å². The Labute approximate surface area is 177 Å². The summed E-state index contributed by atoms with van der Waals surface area (Å²) >= 11 is 0. The fourth-order valence-electron chi connectivity index (χ4n) is 3.43. The van der Waals surface area contributed by atoms with Crippen LogP contribution >= 0.6 is 0 Å². The third-order valence-corrected chi connectivity index (χ3v) is 5.06. The van der Waals surface area contributed by atoms with E-state index in [1.165, 1.54) is 0 Å². The number of carbonyl (C=O) groups excluding carboxylic acids is 2. The van der Waals surface area contributed by atoms with E-state index >= 15 is 0 Å². The number of nitrogens with zero attached hydrogens (tertiary/aromatic N) is 4. The Morgan fingerprint density at radius 2 is 1.93 bits per heavy atom. The lowest BCUT2D eigenvalue weighted by Gasteiger charge is -2.33. The molecule has 3 heterocycles. The van der Waals surface area contributed by atoms with Gasteiger partial charge in [0.25, 0.3) is 0 Å². The number of aryl methyl sites for hydroxylation is 1. The molecule has 30 heavy (non-hydrogen) atoms. The highest BCUT2D eigenvalue weighted by Gasteiger charge is 2.27. The number of amides is 2. The van der Waals surface area contributed by atoms with Crippen LogP contribution in [0.5, 0.6) is 0 Å². The fraction of sp³-hybridized carbons (Fsp3) is 0.545. The summed E-state index contributed by atoms with van der Waals surface area (Å²) < 4.78 is 7.16. The second-order valence-electron chi connectivity index (χ2n) is 8.85. The lowest BCUT2D eigenvalue weighted by molar-refractivity contribution is -0.122. The van der Waals surface area contributed by atoms with Gasteiger partial charge in [0.2, 0.25) is 5.91 Å². The molecule has 2 amide bonds. The van der Waals surface area contributed by atoms with E-state index in [2.05, 4.69) is 15.4 Å². The van der Waals surface area contributed by atoms with Gasteiger partial charge in [-0.3, -0.25) is 14.5 Å². The summed E-state index contributed by atoms with van der Waals surface area (Å²) in [5.74, 6) is 0.317. The molecule has 1 aliphatic rings. The van der Waals surface area contributed by atoms with Gasteiger partial charge in [0.05, 0.1) is 11.9 Å². The molecule has 162 valence electrons. The zero-order chi connectivity index (χ0) is 21.7. The molecule has 2 aromatic heterocycles. The molecule has 1 fully saturated rings. The van der Waals surface area contributed by atoms with Crippen molar-refractivity contribution in [1.82, 2.24) is 25.0 Å². The maximum absolute atomic E-state index is 12.3. The van der Waals surface area contributed by atoms with E-state index < -0.39 is 5.60 Å². The number of piperidine rings is 1. The van der Waals surface area contributed by atoms with E-state index in [0.29, 0.717) is 26.1 Å². The predicted octanol–water partition coefficient (Wildman–Crippen LogP) is 3.14. The molecule has 1 aliphatic heterocycles.